The molecule has 0 aromatic heterocycles. The van der Waals surface area contributed by atoms with E-state index in [1.165, 1.54) is 4.90 Å². The molecule has 0 aliphatic carbocycles. The highest BCUT2D eigenvalue weighted by molar-refractivity contribution is 6.00. The van der Waals surface area contributed by atoms with Crippen LogP contribution in [0, 0.1) is 5.92 Å². The molecule has 0 saturated carbocycles. The Balaban J connectivity index is 2.07. The minimum Gasteiger partial charge on any atom is -0.466 e. The number of benzene rings is 1. The van der Waals surface area contributed by atoms with E-state index in [0.29, 0.717) is 31.0 Å². The lowest BCUT2D eigenvalue weighted by Gasteiger charge is -2.16. The van der Waals surface area contributed by atoms with Crippen LogP contribution in [-0.2, 0) is 19.1 Å². The van der Waals surface area contributed by atoms with Crippen molar-refractivity contribution in [3.63, 3.8) is 0 Å². The lowest BCUT2D eigenvalue weighted by Crippen LogP contribution is -2.26. The molecule has 1 aromatic carbocycles. The van der Waals surface area contributed by atoms with Gasteiger partial charge in [-0.25, -0.2) is 4.79 Å². The summed E-state index contributed by atoms with van der Waals surface area (Å²) in [5.41, 5.74) is 1.09. The smallest absolute Gasteiger partial charge is 0.338 e. The molecule has 6 heteroatoms. The van der Waals surface area contributed by atoms with E-state index in [1.807, 2.05) is 0 Å². The molecule has 0 bridgehead atoms. The third-order valence-corrected chi connectivity index (χ3v) is 3.44. The number of carbonyl (C=O) groups is 3. The van der Waals surface area contributed by atoms with Crippen molar-refractivity contribution in [2.24, 2.45) is 5.92 Å². The summed E-state index contributed by atoms with van der Waals surface area (Å²) in [5.74, 6) is -1.30. The molecule has 1 atom stereocenters. The molecule has 1 fully saturated rings. The van der Waals surface area contributed by atoms with Crippen molar-refractivity contribution < 1.29 is 23.9 Å². The van der Waals surface area contributed by atoms with E-state index in [1.54, 1.807) is 38.1 Å². The second-order valence-electron chi connectivity index (χ2n) is 4.92. The van der Waals surface area contributed by atoms with Gasteiger partial charge in [0.25, 0.3) is 0 Å². The monoisotopic (exact) mass is 305 g/mol. The van der Waals surface area contributed by atoms with E-state index in [0.717, 1.165) is 0 Å². The van der Waals surface area contributed by atoms with Gasteiger partial charge in [-0.2, -0.15) is 0 Å². The van der Waals surface area contributed by atoms with Crippen molar-refractivity contribution in [3.05, 3.63) is 29.8 Å². The molecule has 22 heavy (non-hydrogen) atoms. The van der Waals surface area contributed by atoms with Gasteiger partial charge in [0.1, 0.15) is 0 Å². The first kappa shape index (κ1) is 16.0. The van der Waals surface area contributed by atoms with Crippen molar-refractivity contribution in [2.45, 2.75) is 20.3 Å². The van der Waals surface area contributed by atoms with Crippen LogP contribution in [0.3, 0.4) is 0 Å². The third-order valence-electron chi connectivity index (χ3n) is 3.44. The molecule has 0 spiro atoms. The Bertz CT molecular complexity index is 566. The average molecular weight is 305 g/mol. The molecule has 0 radical (unpaired) electrons. The molecule has 6 nitrogen and oxygen atoms in total. The number of rotatable bonds is 5. The van der Waals surface area contributed by atoms with E-state index in [4.69, 9.17) is 9.47 Å². The van der Waals surface area contributed by atoms with Gasteiger partial charge in [0.15, 0.2) is 0 Å². The summed E-state index contributed by atoms with van der Waals surface area (Å²) in [6.45, 7) is 4.39. The van der Waals surface area contributed by atoms with Crippen LogP contribution in [0.15, 0.2) is 24.3 Å². The maximum atomic E-state index is 12.0. The third kappa shape index (κ3) is 3.44. The van der Waals surface area contributed by atoms with Gasteiger partial charge in [0, 0.05) is 18.7 Å². The minimum absolute atomic E-state index is 0.123. The SMILES string of the molecule is CCOC(=O)c1ccc(N2C[C@@H](C(=O)OCC)CC2=O)cc1. The Labute approximate surface area is 129 Å². The number of carbonyl (C=O) groups excluding carboxylic acids is 3. The van der Waals surface area contributed by atoms with Crippen molar-refractivity contribution in [1.29, 1.82) is 0 Å². The summed E-state index contributed by atoms with van der Waals surface area (Å²) in [7, 11) is 0. The fourth-order valence-electron chi connectivity index (χ4n) is 2.37. The van der Waals surface area contributed by atoms with Gasteiger partial charge in [0.2, 0.25) is 5.91 Å². The molecule has 1 aliphatic rings. The van der Waals surface area contributed by atoms with Gasteiger partial charge in [-0.15, -0.1) is 0 Å². The first-order valence-corrected chi connectivity index (χ1v) is 7.31. The molecule has 118 valence electrons. The van der Waals surface area contributed by atoms with Crippen LogP contribution in [0.25, 0.3) is 0 Å². The van der Waals surface area contributed by atoms with Crippen LogP contribution in [0.2, 0.25) is 0 Å². The molecule has 1 aromatic rings. The molecule has 1 saturated heterocycles. The van der Waals surface area contributed by atoms with Crippen LogP contribution in [0.4, 0.5) is 5.69 Å². The summed E-state index contributed by atoms with van der Waals surface area (Å²) >= 11 is 0. The minimum atomic E-state index is -0.433. The summed E-state index contributed by atoms with van der Waals surface area (Å²) < 4.78 is 9.87. The van der Waals surface area contributed by atoms with E-state index in [-0.39, 0.29) is 18.3 Å². The van der Waals surface area contributed by atoms with Crippen molar-refractivity contribution in [3.8, 4) is 0 Å². The van der Waals surface area contributed by atoms with Crippen molar-refractivity contribution in [2.75, 3.05) is 24.7 Å². The van der Waals surface area contributed by atoms with Crippen LogP contribution < -0.4 is 4.90 Å². The van der Waals surface area contributed by atoms with E-state index in [2.05, 4.69) is 0 Å². The normalized spacial score (nSPS) is 17.5. The Kier molecular flexibility index (Phi) is 5.14. The fraction of sp³-hybridized carbons (Fsp3) is 0.438. The van der Waals surface area contributed by atoms with E-state index < -0.39 is 11.9 Å². The summed E-state index contributed by atoms with van der Waals surface area (Å²) in [6, 6.07) is 6.58. The first-order valence-electron chi connectivity index (χ1n) is 7.31. The predicted molar refractivity (Wildman–Crippen MR) is 79.5 cm³/mol. The number of anilines is 1. The molecular formula is C16H19NO5. The number of ether oxygens (including phenoxy) is 2. The second kappa shape index (κ2) is 7.06. The van der Waals surface area contributed by atoms with Gasteiger partial charge in [-0.3, -0.25) is 9.59 Å². The number of esters is 2. The molecular weight excluding hydrogens is 286 g/mol. The first-order chi connectivity index (χ1) is 10.6. The zero-order chi connectivity index (χ0) is 16.1. The van der Waals surface area contributed by atoms with Crippen LogP contribution in [-0.4, -0.2) is 37.6 Å². The maximum absolute atomic E-state index is 12.0. The fourth-order valence-corrected chi connectivity index (χ4v) is 2.37. The van der Waals surface area contributed by atoms with Crippen LogP contribution in [0.1, 0.15) is 30.6 Å². The molecule has 1 heterocycles. The summed E-state index contributed by atoms with van der Waals surface area (Å²) in [5, 5.41) is 0. The highest BCUT2D eigenvalue weighted by Gasteiger charge is 2.36. The standard InChI is InChI=1S/C16H19NO5/c1-3-21-15(19)11-5-7-13(8-6-11)17-10-12(9-14(17)18)16(20)22-4-2/h5-8,12H,3-4,9-10H2,1-2H3/t12-/m0/s1. The van der Waals surface area contributed by atoms with Crippen molar-refractivity contribution >= 4 is 23.5 Å². The maximum Gasteiger partial charge on any atom is 0.338 e. The highest BCUT2D eigenvalue weighted by Crippen LogP contribution is 2.26. The lowest BCUT2D eigenvalue weighted by molar-refractivity contribution is -0.147. The Morgan fingerprint density at radius 2 is 1.77 bits per heavy atom. The van der Waals surface area contributed by atoms with Gasteiger partial charge in [-0.1, -0.05) is 0 Å². The number of amides is 1. The van der Waals surface area contributed by atoms with Gasteiger partial charge >= 0.3 is 11.9 Å². The molecule has 0 unspecified atom stereocenters. The van der Waals surface area contributed by atoms with Crippen LogP contribution in [0.5, 0.6) is 0 Å². The topological polar surface area (TPSA) is 72.9 Å². The zero-order valence-corrected chi connectivity index (χ0v) is 12.7. The lowest BCUT2D eigenvalue weighted by atomic mass is 10.1. The van der Waals surface area contributed by atoms with Gasteiger partial charge < -0.3 is 14.4 Å². The summed E-state index contributed by atoms with van der Waals surface area (Å²) in [4.78, 5) is 36.9. The molecule has 0 N–H and O–H groups in total. The zero-order valence-electron chi connectivity index (χ0n) is 12.7. The van der Waals surface area contributed by atoms with Gasteiger partial charge in [-0.05, 0) is 38.1 Å². The Hall–Kier alpha value is -2.37. The predicted octanol–water partition coefficient (Wildman–Crippen LogP) is 1.78. The number of hydrogen-bond acceptors (Lipinski definition) is 5. The molecule has 1 aliphatic heterocycles. The largest absolute Gasteiger partial charge is 0.466 e. The number of nitrogens with zero attached hydrogens (tertiary/aromatic N) is 1. The van der Waals surface area contributed by atoms with E-state index >= 15 is 0 Å². The van der Waals surface area contributed by atoms with Crippen molar-refractivity contribution in [1.82, 2.24) is 0 Å². The summed E-state index contributed by atoms with van der Waals surface area (Å²) in [6.07, 6.45) is 0.151. The quantitative estimate of drug-likeness (QED) is 0.775. The van der Waals surface area contributed by atoms with Crippen LogP contribution >= 0.6 is 0 Å². The number of hydrogen-bond donors (Lipinski definition) is 0. The van der Waals surface area contributed by atoms with E-state index in [9.17, 15) is 14.4 Å². The Morgan fingerprint density at radius 3 is 2.36 bits per heavy atom. The Morgan fingerprint density at radius 1 is 1.14 bits per heavy atom. The van der Waals surface area contributed by atoms with Gasteiger partial charge in [0.05, 0.1) is 24.7 Å². The average Bonchev–Trinajstić information content (AvgIpc) is 2.90. The second-order valence-corrected chi connectivity index (χ2v) is 4.92. The molecule has 2 rings (SSSR count). The molecule has 1 amide bonds. The highest BCUT2D eigenvalue weighted by atomic mass is 16.5.